The van der Waals surface area contributed by atoms with Crippen LogP contribution in [0.2, 0.25) is 0 Å². The number of piperidine rings is 1. The van der Waals surface area contributed by atoms with Gasteiger partial charge in [0.05, 0.1) is 6.20 Å². The molecule has 1 aromatic heterocycles. The van der Waals surface area contributed by atoms with E-state index >= 15 is 0 Å². The van der Waals surface area contributed by atoms with Crippen LogP contribution in [0, 0.1) is 5.92 Å². The zero-order valence-corrected chi connectivity index (χ0v) is 18.8. The minimum absolute atomic E-state index is 0.109. The maximum absolute atomic E-state index is 13.1. The highest BCUT2D eigenvalue weighted by atomic mass is 16.2. The first kappa shape index (κ1) is 22.6. The van der Waals surface area contributed by atoms with Gasteiger partial charge in [0.15, 0.2) is 0 Å². The maximum atomic E-state index is 13.1. The summed E-state index contributed by atoms with van der Waals surface area (Å²) in [6.07, 6.45) is 7.95. The van der Waals surface area contributed by atoms with E-state index in [0.29, 0.717) is 31.1 Å². The summed E-state index contributed by atoms with van der Waals surface area (Å²) in [7, 11) is 0. The van der Waals surface area contributed by atoms with E-state index < -0.39 is 0 Å². The van der Waals surface area contributed by atoms with E-state index in [4.69, 9.17) is 0 Å². The molecule has 1 aliphatic rings. The van der Waals surface area contributed by atoms with Crippen LogP contribution < -0.4 is 0 Å². The lowest BCUT2D eigenvalue weighted by molar-refractivity contribution is -0.132. The fraction of sp³-hybridized carbons (Fsp3) is 0.333. The summed E-state index contributed by atoms with van der Waals surface area (Å²) in [6.45, 7) is 2.36. The number of carbonyl (C=O) groups is 2. The molecule has 170 valence electrons. The van der Waals surface area contributed by atoms with Gasteiger partial charge in [-0.05, 0) is 36.3 Å². The first-order chi connectivity index (χ1) is 16.2. The molecule has 0 saturated carbocycles. The molecule has 6 nitrogen and oxygen atoms in total. The number of hydrogen-bond donors (Lipinski definition) is 0. The fourth-order valence-electron chi connectivity index (χ4n) is 4.35. The number of carbonyl (C=O) groups excluding carboxylic acids is 2. The van der Waals surface area contributed by atoms with Crippen molar-refractivity contribution in [3.05, 3.63) is 96.1 Å². The Morgan fingerprint density at radius 3 is 2.21 bits per heavy atom. The molecular formula is C27H30N4O2. The lowest BCUT2D eigenvalue weighted by Gasteiger charge is -2.33. The van der Waals surface area contributed by atoms with Gasteiger partial charge in [-0.2, -0.15) is 0 Å². The molecule has 6 heteroatoms. The molecule has 2 amide bonds. The number of likely N-dealkylation sites (tertiary alicyclic amines) is 1. The summed E-state index contributed by atoms with van der Waals surface area (Å²) in [4.78, 5) is 37.8. The van der Waals surface area contributed by atoms with Gasteiger partial charge >= 0.3 is 0 Å². The highest BCUT2D eigenvalue weighted by molar-refractivity contribution is 5.92. The molecule has 0 bridgehead atoms. The van der Waals surface area contributed by atoms with E-state index in [2.05, 4.69) is 34.2 Å². The second-order valence-corrected chi connectivity index (χ2v) is 8.57. The lowest BCUT2D eigenvalue weighted by Crippen LogP contribution is -2.41. The minimum Gasteiger partial charge on any atom is -0.343 e. The Balaban J connectivity index is 1.32. The molecule has 1 saturated heterocycles. The standard InChI is InChI=1S/C27H30N4O2/c32-26(30-16-11-23(12-17-30)19-22-7-3-1-4-8-22)13-18-31(21-24-9-5-2-6-10-24)27(33)25-20-28-14-15-29-25/h1-10,14-15,20,23H,11-13,16-19,21H2. The summed E-state index contributed by atoms with van der Waals surface area (Å²) >= 11 is 0. The van der Waals surface area contributed by atoms with Crippen LogP contribution in [0.3, 0.4) is 0 Å². The summed E-state index contributed by atoms with van der Waals surface area (Å²) in [5.74, 6) is 0.517. The van der Waals surface area contributed by atoms with Crippen molar-refractivity contribution in [1.29, 1.82) is 0 Å². The first-order valence-electron chi connectivity index (χ1n) is 11.6. The van der Waals surface area contributed by atoms with Crippen LogP contribution in [-0.4, -0.2) is 51.2 Å². The molecule has 0 unspecified atom stereocenters. The molecule has 1 aliphatic heterocycles. The summed E-state index contributed by atoms with van der Waals surface area (Å²) in [5, 5.41) is 0. The van der Waals surface area contributed by atoms with Gasteiger partial charge in [0.25, 0.3) is 5.91 Å². The topological polar surface area (TPSA) is 66.4 Å². The molecule has 0 aliphatic carbocycles. The van der Waals surface area contributed by atoms with E-state index in [1.807, 2.05) is 41.3 Å². The molecule has 2 aromatic carbocycles. The molecule has 0 atom stereocenters. The highest BCUT2D eigenvalue weighted by Crippen LogP contribution is 2.22. The molecule has 3 aromatic rings. The molecule has 4 rings (SSSR count). The van der Waals surface area contributed by atoms with Crippen LogP contribution in [-0.2, 0) is 17.8 Å². The van der Waals surface area contributed by atoms with E-state index in [9.17, 15) is 9.59 Å². The second-order valence-electron chi connectivity index (χ2n) is 8.57. The zero-order chi connectivity index (χ0) is 22.9. The van der Waals surface area contributed by atoms with E-state index in [0.717, 1.165) is 37.9 Å². The first-order valence-corrected chi connectivity index (χ1v) is 11.6. The van der Waals surface area contributed by atoms with Crippen LogP contribution >= 0.6 is 0 Å². The van der Waals surface area contributed by atoms with Crippen LogP contribution in [0.5, 0.6) is 0 Å². The second kappa shape index (κ2) is 11.4. The normalized spacial score (nSPS) is 14.1. The fourth-order valence-corrected chi connectivity index (χ4v) is 4.35. The third-order valence-electron chi connectivity index (χ3n) is 6.22. The van der Waals surface area contributed by atoms with Gasteiger partial charge in [-0.3, -0.25) is 14.6 Å². The Morgan fingerprint density at radius 2 is 1.58 bits per heavy atom. The Bertz CT molecular complexity index is 1020. The molecule has 0 radical (unpaired) electrons. The molecule has 0 spiro atoms. The number of nitrogens with zero attached hydrogens (tertiary/aromatic N) is 4. The Kier molecular flexibility index (Phi) is 7.80. The molecular weight excluding hydrogens is 412 g/mol. The summed E-state index contributed by atoms with van der Waals surface area (Å²) in [5.41, 5.74) is 2.67. The van der Waals surface area contributed by atoms with E-state index in [1.54, 1.807) is 11.1 Å². The Hall–Kier alpha value is -3.54. The Morgan fingerprint density at radius 1 is 0.909 bits per heavy atom. The molecule has 1 fully saturated rings. The maximum Gasteiger partial charge on any atom is 0.274 e. The van der Waals surface area contributed by atoms with Crippen molar-refractivity contribution >= 4 is 11.8 Å². The van der Waals surface area contributed by atoms with Gasteiger partial charge in [-0.1, -0.05) is 60.7 Å². The summed E-state index contributed by atoms with van der Waals surface area (Å²) in [6, 6.07) is 20.4. The quantitative estimate of drug-likeness (QED) is 0.529. The van der Waals surface area contributed by atoms with Crippen molar-refractivity contribution in [2.75, 3.05) is 19.6 Å². The number of rotatable bonds is 8. The van der Waals surface area contributed by atoms with Crippen LogP contribution in [0.15, 0.2) is 79.3 Å². The smallest absolute Gasteiger partial charge is 0.274 e. The monoisotopic (exact) mass is 442 g/mol. The van der Waals surface area contributed by atoms with Crippen LogP contribution in [0.25, 0.3) is 0 Å². The predicted octanol–water partition coefficient (Wildman–Crippen LogP) is 3.99. The van der Waals surface area contributed by atoms with Crippen molar-refractivity contribution < 1.29 is 9.59 Å². The van der Waals surface area contributed by atoms with Gasteiger partial charge < -0.3 is 9.80 Å². The van der Waals surface area contributed by atoms with Crippen molar-refractivity contribution in [3.8, 4) is 0 Å². The average Bonchev–Trinajstić information content (AvgIpc) is 2.88. The SMILES string of the molecule is O=C(CCN(Cc1ccccc1)C(=O)c1cnccn1)N1CCC(Cc2ccccc2)CC1. The lowest BCUT2D eigenvalue weighted by atomic mass is 9.90. The van der Waals surface area contributed by atoms with Crippen molar-refractivity contribution in [1.82, 2.24) is 19.8 Å². The van der Waals surface area contributed by atoms with Gasteiger partial charge in [-0.15, -0.1) is 0 Å². The van der Waals surface area contributed by atoms with E-state index in [-0.39, 0.29) is 11.8 Å². The molecule has 2 heterocycles. The highest BCUT2D eigenvalue weighted by Gasteiger charge is 2.24. The third-order valence-corrected chi connectivity index (χ3v) is 6.22. The number of amides is 2. The van der Waals surface area contributed by atoms with E-state index in [1.165, 1.54) is 18.0 Å². The van der Waals surface area contributed by atoms with Gasteiger partial charge in [0.1, 0.15) is 5.69 Å². The van der Waals surface area contributed by atoms with Gasteiger partial charge in [-0.25, -0.2) is 4.98 Å². The average molecular weight is 443 g/mol. The molecule has 33 heavy (non-hydrogen) atoms. The largest absolute Gasteiger partial charge is 0.343 e. The number of benzene rings is 2. The summed E-state index contributed by atoms with van der Waals surface area (Å²) < 4.78 is 0. The number of aromatic nitrogens is 2. The predicted molar refractivity (Wildman–Crippen MR) is 127 cm³/mol. The Labute approximate surface area is 195 Å². The van der Waals surface area contributed by atoms with Crippen molar-refractivity contribution in [2.24, 2.45) is 5.92 Å². The van der Waals surface area contributed by atoms with Gasteiger partial charge in [0, 0.05) is 45.0 Å². The van der Waals surface area contributed by atoms with Crippen LogP contribution in [0.4, 0.5) is 0 Å². The minimum atomic E-state index is -0.207. The third kappa shape index (κ3) is 6.48. The van der Waals surface area contributed by atoms with Crippen LogP contribution in [0.1, 0.15) is 40.9 Å². The molecule has 0 N–H and O–H groups in total. The zero-order valence-electron chi connectivity index (χ0n) is 18.8. The van der Waals surface area contributed by atoms with Crippen molar-refractivity contribution in [3.63, 3.8) is 0 Å². The van der Waals surface area contributed by atoms with Crippen molar-refractivity contribution in [2.45, 2.75) is 32.2 Å². The van der Waals surface area contributed by atoms with Gasteiger partial charge in [0.2, 0.25) is 5.91 Å². The number of hydrogen-bond acceptors (Lipinski definition) is 4.